The topological polar surface area (TPSA) is 56.1 Å². The fourth-order valence-corrected chi connectivity index (χ4v) is 2.43. The summed E-state index contributed by atoms with van der Waals surface area (Å²) in [6, 6.07) is 17.0. The van der Waals surface area contributed by atoms with Crippen molar-refractivity contribution in [3.8, 4) is 11.4 Å². The van der Waals surface area contributed by atoms with Crippen molar-refractivity contribution in [2.24, 2.45) is 0 Å². The summed E-state index contributed by atoms with van der Waals surface area (Å²) < 4.78 is 6.93. The number of hydrogen-bond donors (Lipinski definition) is 1. The highest BCUT2D eigenvalue weighted by Crippen LogP contribution is 2.18. The number of carbonyl (C=O) groups excluding carboxylic acids is 1. The van der Waals surface area contributed by atoms with Gasteiger partial charge in [-0.15, -0.1) is 0 Å². The van der Waals surface area contributed by atoms with E-state index in [0.29, 0.717) is 17.1 Å². The van der Waals surface area contributed by atoms with Gasteiger partial charge in [-0.3, -0.25) is 4.79 Å². The molecule has 0 saturated carbocycles. The lowest BCUT2D eigenvalue weighted by molar-refractivity contribution is 0.102. The quantitative estimate of drug-likeness (QED) is 0.796. The molecule has 1 heterocycles. The van der Waals surface area contributed by atoms with Crippen molar-refractivity contribution in [2.45, 2.75) is 13.8 Å². The molecule has 0 radical (unpaired) electrons. The van der Waals surface area contributed by atoms with E-state index in [1.807, 2.05) is 56.3 Å². The smallest absolute Gasteiger partial charge is 0.276 e. The molecular weight excluding hydrogens is 302 g/mol. The Morgan fingerprint density at radius 3 is 2.54 bits per heavy atom. The third-order valence-corrected chi connectivity index (χ3v) is 3.73. The van der Waals surface area contributed by atoms with Gasteiger partial charge in [0.15, 0.2) is 5.69 Å². The van der Waals surface area contributed by atoms with Gasteiger partial charge in [0.05, 0.1) is 12.8 Å². The highest BCUT2D eigenvalue weighted by atomic mass is 16.5. The molecule has 5 heteroatoms. The van der Waals surface area contributed by atoms with Crippen molar-refractivity contribution in [1.29, 1.82) is 0 Å². The molecule has 0 spiro atoms. The number of nitrogens with zero attached hydrogens (tertiary/aromatic N) is 2. The lowest BCUT2D eigenvalue weighted by atomic mass is 10.2. The van der Waals surface area contributed by atoms with Crippen LogP contribution in [0.3, 0.4) is 0 Å². The summed E-state index contributed by atoms with van der Waals surface area (Å²) in [6.45, 7) is 3.96. The van der Waals surface area contributed by atoms with E-state index in [0.717, 1.165) is 11.4 Å². The van der Waals surface area contributed by atoms with Gasteiger partial charge in [-0.1, -0.05) is 23.8 Å². The first-order chi connectivity index (χ1) is 11.6. The van der Waals surface area contributed by atoms with E-state index < -0.39 is 0 Å². The van der Waals surface area contributed by atoms with E-state index in [1.165, 1.54) is 5.56 Å². The molecule has 3 aromatic rings. The predicted octanol–water partition coefficient (Wildman–Crippen LogP) is 3.75. The largest absolute Gasteiger partial charge is 0.497 e. The monoisotopic (exact) mass is 321 g/mol. The normalized spacial score (nSPS) is 10.5. The zero-order valence-corrected chi connectivity index (χ0v) is 13.9. The number of amides is 1. The van der Waals surface area contributed by atoms with Crippen LogP contribution >= 0.6 is 0 Å². The molecule has 3 rings (SSSR count). The number of methoxy groups -OCH3 is 1. The summed E-state index contributed by atoms with van der Waals surface area (Å²) in [5, 5.41) is 7.26. The van der Waals surface area contributed by atoms with E-state index in [1.54, 1.807) is 23.9 Å². The minimum Gasteiger partial charge on any atom is -0.497 e. The van der Waals surface area contributed by atoms with Gasteiger partial charge in [0.1, 0.15) is 5.75 Å². The molecule has 0 saturated heterocycles. The van der Waals surface area contributed by atoms with E-state index >= 15 is 0 Å². The van der Waals surface area contributed by atoms with Gasteiger partial charge in [0.2, 0.25) is 0 Å². The first-order valence-electron chi connectivity index (χ1n) is 7.66. The zero-order chi connectivity index (χ0) is 17.1. The molecule has 0 unspecified atom stereocenters. The highest BCUT2D eigenvalue weighted by molar-refractivity contribution is 6.03. The van der Waals surface area contributed by atoms with Crippen LogP contribution < -0.4 is 10.1 Å². The van der Waals surface area contributed by atoms with Gasteiger partial charge >= 0.3 is 0 Å². The Bertz CT molecular complexity index is 867. The van der Waals surface area contributed by atoms with Crippen LogP contribution in [0.2, 0.25) is 0 Å². The number of rotatable bonds is 4. The maximum atomic E-state index is 12.4. The Kier molecular flexibility index (Phi) is 4.33. The fourth-order valence-electron chi connectivity index (χ4n) is 2.43. The van der Waals surface area contributed by atoms with Gasteiger partial charge in [-0.2, -0.15) is 5.10 Å². The molecule has 5 nitrogen and oxygen atoms in total. The van der Waals surface area contributed by atoms with Crippen LogP contribution in [0.1, 0.15) is 21.7 Å². The molecule has 0 atom stereocenters. The van der Waals surface area contributed by atoms with Crippen molar-refractivity contribution < 1.29 is 9.53 Å². The molecular formula is C19H19N3O2. The minimum absolute atomic E-state index is 0.253. The van der Waals surface area contributed by atoms with Crippen LogP contribution in [0.15, 0.2) is 54.6 Å². The van der Waals surface area contributed by atoms with Crippen molar-refractivity contribution in [3.63, 3.8) is 0 Å². The molecule has 0 aliphatic heterocycles. The van der Waals surface area contributed by atoms with E-state index in [2.05, 4.69) is 10.4 Å². The van der Waals surface area contributed by atoms with Crippen LogP contribution in [-0.4, -0.2) is 22.8 Å². The van der Waals surface area contributed by atoms with Crippen LogP contribution in [0.5, 0.6) is 5.75 Å². The third-order valence-electron chi connectivity index (χ3n) is 3.73. The van der Waals surface area contributed by atoms with Gasteiger partial charge in [0, 0.05) is 17.4 Å². The van der Waals surface area contributed by atoms with Crippen molar-refractivity contribution in [1.82, 2.24) is 9.78 Å². The summed E-state index contributed by atoms with van der Waals surface area (Å²) in [7, 11) is 1.59. The van der Waals surface area contributed by atoms with Crippen molar-refractivity contribution >= 4 is 11.6 Å². The molecule has 0 aliphatic carbocycles. The van der Waals surface area contributed by atoms with Crippen molar-refractivity contribution in [2.75, 3.05) is 12.4 Å². The second-order valence-corrected chi connectivity index (χ2v) is 5.60. The lowest BCUT2D eigenvalue weighted by Gasteiger charge is -2.06. The molecule has 0 aliphatic rings. The molecule has 0 fully saturated rings. The first-order valence-corrected chi connectivity index (χ1v) is 7.66. The van der Waals surface area contributed by atoms with E-state index in [9.17, 15) is 4.79 Å². The average Bonchev–Trinajstić information content (AvgIpc) is 2.98. The van der Waals surface area contributed by atoms with Gasteiger partial charge < -0.3 is 10.1 Å². The molecule has 24 heavy (non-hydrogen) atoms. The number of anilines is 1. The number of aryl methyl sites for hydroxylation is 2. The van der Waals surface area contributed by atoms with Gasteiger partial charge in [0.25, 0.3) is 5.91 Å². The van der Waals surface area contributed by atoms with Crippen molar-refractivity contribution in [3.05, 3.63) is 71.5 Å². The Morgan fingerprint density at radius 1 is 1.08 bits per heavy atom. The standard InChI is InChI=1S/C19H19N3O2/c1-13-7-9-16(10-8-13)22-14(2)11-18(21-22)19(23)20-15-5-4-6-17(12-15)24-3/h4-12H,1-3H3,(H,20,23). The summed E-state index contributed by atoms with van der Waals surface area (Å²) in [5.41, 5.74) is 4.05. The minimum atomic E-state index is -0.253. The number of carbonyl (C=O) groups is 1. The SMILES string of the molecule is COc1cccc(NC(=O)c2cc(C)n(-c3ccc(C)cc3)n2)c1. The van der Waals surface area contributed by atoms with Gasteiger partial charge in [-0.25, -0.2) is 4.68 Å². The molecule has 1 N–H and O–H groups in total. The van der Waals surface area contributed by atoms with E-state index in [4.69, 9.17) is 4.74 Å². The number of aromatic nitrogens is 2. The molecule has 0 bridgehead atoms. The molecule has 1 aromatic heterocycles. The molecule has 1 amide bonds. The zero-order valence-electron chi connectivity index (χ0n) is 13.9. The Labute approximate surface area is 140 Å². The summed E-state index contributed by atoms with van der Waals surface area (Å²) in [6.07, 6.45) is 0. The maximum Gasteiger partial charge on any atom is 0.276 e. The second-order valence-electron chi connectivity index (χ2n) is 5.60. The highest BCUT2D eigenvalue weighted by Gasteiger charge is 2.13. The Hall–Kier alpha value is -3.08. The predicted molar refractivity (Wildman–Crippen MR) is 94.0 cm³/mol. The number of benzene rings is 2. The maximum absolute atomic E-state index is 12.4. The number of hydrogen-bond acceptors (Lipinski definition) is 3. The fraction of sp³-hybridized carbons (Fsp3) is 0.158. The van der Waals surface area contributed by atoms with E-state index in [-0.39, 0.29) is 5.91 Å². The van der Waals surface area contributed by atoms with Gasteiger partial charge in [-0.05, 0) is 44.2 Å². The van der Waals surface area contributed by atoms with Crippen LogP contribution in [0, 0.1) is 13.8 Å². The number of ether oxygens (including phenoxy) is 1. The Balaban J connectivity index is 1.83. The second kappa shape index (κ2) is 6.58. The summed E-state index contributed by atoms with van der Waals surface area (Å²) in [4.78, 5) is 12.4. The van der Waals surface area contributed by atoms with Crippen LogP contribution in [-0.2, 0) is 0 Å². The lowest BCUT2D eigenvalue weighted by Crippen LogP contribution is -2.13. The third kappa shape index (κ3) is 3.30. The molecule has 122 valence electrons. The van der Waals surface area contributed by atoms with Crippen LogP contribution in [0.4, 0.5) is 5.69 Å². The van der Waals surface area contributed by atoms with Crippen LogP contribution in [0.25, 0.3) is 5.69 Å². The average molecular weight is 321 g/mol. The first kappa shape index (κ1) is 15.8. The number of nitrogens with one attached hydrogen (secondary N) is 1. The summed E-state index contributed by atoms with van der Waals surface area (Å²) >= 11 is 0. The Morgan fingerprint density at radius 2 is 1.83 bits per heavy atom. The molecule has 2 aromatic carbocycles. The summed E-state index contributed by atoms with van der Waals surface area (Å²) in [5.74, 6) is 0.436.